The highest BCUT2D eigenvalue weighted by Gasteiger charge is 2.22. The van der Waals surface area contributed by atoms with Crippen LogP contribution in [0.3, 0.4) is 0 Å². The number of nitriles is 1. The lowest BCUT2D eigenvalue weighted by Crippen LogP contribution is -1.99. The average Bonchev–Trinajstić information content (AvgIpc) is 3.14. The van der Waals surface area contributed by atoms with Gasteiger partial charge in [0.2, 0.25) is 5.95 Å². The smallest absolute Gasteiger partial charge is 0.247 e. The monoisotopic (exact) mass is 415 g/mol. The van der Waals surface area contributed by atoms with Crippen molar-refractivity contribution >= 4 is 34.7 Å². The van der Waals surface area contributed by atoms with Crippen LogP contribution in [0.1, 0.15) is 11.1 Å². The van der Waals surface area contributed by atoms with E-state index in [0.29, 0.717) is 17.2 Å². The van der Waals surface area contributed by atoms with Gasteiger partial charge in [-0.2, -0.15) is 10.4 Å². The first-order valence-electron chi connectivity index (χ1n) is 8.89. The highest BCUT2D eigenvalue weighted by Crippen LogP contribution is 2.45. The standard InChI is InChI=1S/C22H17N5S2/c1-14-8-10-15(11-9-14)19-17(12-23)21(28-2)29-20(19)18-13-24-27-22(26-18)25-16-6-4-3-5-7-16/h3-11,13H,1-2H3,(H,25,26,27). The molecule has 0 bridgehead atoms. The van der Waals surface area contributed by atoms with E-state index in [1.54, 1.807) is 29.3 Å². The SMILES string of the molecule is CSc1sc(-c2cnnc(Nc3ccccc3)n2)c(-c2ccc(C)cc2)c1C#N. The summed E-state index contributed by atoms with van der Waals surface area (Å²) in [5, 5.41) is 21.3. The molecular formula is C22H17N5S2. The van der Waals surface area contributed by atoms with Gasteiger partial charge in [0.05, 0.1) is 20.8 Å². The molecule has 0 fully saturated rings. The van der Waals surface area contributed by atoms with Gasteiger partial charge in [-0.1, -0.05) is 48.0 Å². The van der Waals surface area contributed by atoms with Crippen molar-refractivity contribution in [1.29, 1.82) is 5.26 Å². The van der Waals surface area contributed by atoms with E-state index >= 15 is 0 Å². The first-order chi connectivity index (χ1) is 14.2. The molecule has 0 atom stereocenters. The summed E-state index contributed by atoms with van der Waals surface area (Å²) >= 11 is 3.13. The molecular weight excluding hydrogens is 398 g/mol. The van der Waals surface area contributed by atoms with Crippen molar-refractivity contribution in [3.05, 3.63) is 71.9 Å². The molecule has 2 aromatic carbocycles. The fourth-order valence-electron chi connectivity index (χ4n) is 2.95. The average molecular weight is 416 g/mol. The van der Waals surface area contributed by atoms with Crippen LogP contribution in [0.4, 0.5) is 11.6 Å². The van der Waals surface area contributed by atoms with E-state index in [2.05, 4.69) is 38.7 Å². The summed E-state index contributed by atoms with van der Waals surface area (Å²) in [6.07, 6.45) is 3.63. The lowest BCUT2D eigenvalue weighted by molar-refractivity contribution is 0.984. The van der Waals surface area contributed by atoms with E-state index in [4.69, 9.17) is 0 Å². The summed E-state index contributed by atoms with van der Waals surface area (Å²) < 4.78 is 0.967. The molecule has 142 valence electrons. The fourth-order valence-corrected chi connectivity index (χ4v) is 4.84. The van der Waals surface area contributed by atoms with Gasteiger partial charge in [-0.3, -0.25) is 0 Å². The maximum absolute atomic E-state index is 9.84. The minimum Gasteiger partial charge on any atom is -0.323 e. The van der Waals surface area contributed by atoms with E-state index in [1.807, 2.05) is 55.6 Å². The molecule has 0 saturated carbocycles. The van der Waals surface area contributed by atoms with Crippen molar-refractivity contribution in [1.82, 2.24) is 15.2 Å². The zero-order valence-electron chi connectivity index (χ0n) is 15.9. The minimum absolute atomic E-state index is 0.418. The molecule has 0 saturated heterocycles. The van der Waals surface area contributed by atoms with Crippen LogP contribution in [0, 0.1) is 18.3 Å². The highest BCUT2D eigenvalue weighted by molar-refractivity contribution is 8.00. The summed E-state index contributed by atoms with van der Waals surface area (Å²) in [5.74, 6) is 0.418. The van der Waals surface area contributed by atoms with Gasteiger partial charge in [0, 0.05) is 11.3 Å². The summed E-state index contributed by atoms with van der Waals surface area (Å²) in [5.41, 5.74) is 5.32. The molecule has 0 unspecified atom stereocenters. The number of rotatable bonds is 5. The van der Waals surface area contributed by atoms with Gasteiger partial charge >= 0.3 is 0 Å². The number of para-hydroxylation sites is 1. The number of aryl methyl sites for hydroxylation is 1. The number of hydrogen-bond acceptors (Lipinski definition) is 7. The van der Waals surface area contributed by atoms with Gasteiger partial charge in [0.1, 0.15) is 11.8 Å². The predicted molar refractivity (Wildman–Crippen MR) is 120 cm³/mol. The predicted octanol–water partition coefficient (Wildman–Crippen LogP) is 5.91. The van der Waals surface area contributed by atoms with Crippen molar-refractivity contribution in [2.24, 2.45) is 0 Å². The Hall–Kier alpha value is -3.21. The molecule has 0 amide bonds. The number of thiophene rings is 1. The van der Waals surface area contributed by atoms with Gasteiger partial charge in [0.25, 0.3) is 0 Å². The van der Waals surface area contributed by atoms with Crippen LogP contribution < -0.4 is 5.32 Å². The molecule has 5 nitrogen and oxygen atoms in total. The third-order valence-electron chi connectivity index (χ3n) is 4.33. The van der Waals surface area contributed by atoms with Crippen molar-refractivity contribution in [2.75, 3.05) is 11.6 Å². The summed E-state index contributed by atoms with van der Waals surface area (Å²) in [6.45, 7) is 2.05. The lowest BCUT2D eigenvalue weighted by atomic mass is 10.00. The third-order valence-corrected chi connectivity index (χ3v) is 6.67. The van der Waals surface area contributed by atoms with Crippen molar-refractivity contribution in [3.8, 4) is 27.8 Å². The quantitative estimate of drug-likeness (QED) is 0.408. The minimum atomic E-state index is 0.418. The van der Waals surface area contributed by atoms with Gasteiger partial charge < -0.3 is 5.32 Å². The van der Waals surface area contributed by atoms with Crippen LogP contribution in [0.25, 0.3) is 21.7 Å². The Balaban J connectivity index is 1.83. The molecule has 4 aromatic rings. The molecule has 2 heterocycles. The zero-order valence-corrected chi connectivity index (χ0v) is 17.5. The molecule has 0 aliphatic carbocycles. The Morgan fingerprint density at radius 2 is 1.83 bits per heavy atom. The first-order valence-corrected chi connectivity index (χ1v) is 10.9. The normalized spacial score (nSPS) is 10.5. The fraction of sp³-hybridized carbons (Fsp3) is 0.0909. The van der Waals surface area contributed by atoms with Crippen LogP contribution in [0.5, 0.6) is 0 Å². The molecule has 2 aromatic heterocycles. The zero-order chi connectivity index (χ0) is 20.2. The van der Waals surface area contributed by atoms with Crippen molar-refractivity contribution in [2.45, 2.75) is 11.1 Å². The van der Waals surface area contributed by atoms with E-state index < -0.39 is 0 Å². The van der Waals surface area contributed by atoms with Crippen molar-refractivity contribution < 1.29 is 0 Å². The van der Waals surface area contributed by atoms with Crippen molar-refractivity contribution in [3.63, 3.8) is 0 Å². The summed E-state index contributed by atoms with van der Waals surface area (Å²) in [4.78, 5) is 5.59. The van der Waals surface area contributed by atoms with Gasteiger partial charge in [-0.15, -0.1) is 28.2 Å². The van der Waals surface area contributed by atoms with E-state index in [1.165, 1.54) is 5.56 Å². The third kappa shape index (κ3) is 3.99. The van der Waals surface area contributed by atoms with Crippen LogP contribution in [0.15, 0.2) is 65.0 Å². The molecule has 0 aliphatic rings. The second-order valence-corrected chi connectivity index (χ2v) is 8.40. The van der Waals surface area contributed by atoms with Crippen LogP contribution in [0.2, 0.25) is 0 Å². The largest absolute Gasteiger partial charge is 0.323 e. The summed E-state index contributed by atoms with van der Waals surface area (Å²) in [6, 6.07) is 20.3. The van der Waals surface area contributed by atoms with E-state index in [9.17, 15) is 5.26 Å². The Kier molecular flexibility index (Phi) is 5.56. The van der Waals surface area contributed by atoms with E-state index in [-0.39, 0.29) is 0 Å². The Bertz CT molecular complexity index is 1180. The molecule has 1 N–H and O–H groups in total. The number of hydrogen-bond donors (Lipinski definition) is 1. The molecule has 0 aliphatic heterocycles. The Labute approximate surface area is 177 Å². The van der Waals surface area contributed by atoms with E-state index in [0.717, 1.165) is 25.9 Å². The maximum Gasteiger partial charge on any atom is 0.247 e. The molecule has 0 radical (unpaired) electrons. The second-order valence-electron chi connectivity index (χ2n) is 6.31. The topological polar surface area (TPSA) is 74.5 Å². The van der Waals surface area contributed by atoms with Gasteiger partial charge in [-0.05, 0) is 30.9 Å². The van der Waals surface area contributed by atoms with Crippen LogP contribution in [-0.2, 0) is 0 Å². The molecule has 0 spiro atoms. The van der Waals surface area contributed by atoms with Crippen LogP contribution >= 0.6 is 23.1 Å². The van der Waals surface area contributed by atoms with Gasteiger partial charge in [0.15, 0.2) is 0 Å². The van der Waals surface area contributed by atoms with Gasteiger partial charge in [-0.25, -0.2) is 4.98 Å². The number of nitrogens with one attached hydrogen (secondary N) is 1. The number of anilines is 2. The first kappa shape index (κ1) is 19.1. The number of thioether (sulfide) groups is 1. The summed E-state index contributed by atoms with van der Waals surface area (Å²) in [7, 11) is 0. The number of benzene rings is 2. The lowest BCUT2D eigenvalue weighted by Gasteiger charge is -2.07. The second kappa shape index (κ2) is 8.43. The van der Waals surface area contributed by atoms with Crippen LogP contribution in [-0.4, -0.2) is 21.4 Å². The Morgan fingerprint density at radius 3 is 2.52 bits per heavy atom. The number of nitrogens with zero attached hydrogens (tertiary/aromatic N) is 4. The Morgan fingerprint density at radius 1 is 1.07 bits per heavy atom. The number of aromatic nitrogens is 3. The molecule has 4 rings (SSSR count). The molecule has 7 heteroatoms. The molecule has 29 heavy (non-hydrogen) atoms. The highest BCUT2D eigenvalue weighted by atomic mass is 32.2. The maximum atomic E-state index is 9.84.